The Morgan fingerprint density at radius 3 is 2.50 bits per heavy atom. The summed E-state index contributed by atoms with van der Waals surface area (Å²) in [5.41, 5.74) is 2.50. The zero-order valence-corrected chi connectivity index (χ0v) is 19.2. The Hall–Kier alpha value is -3.16. The minimum atomic E-state index is -0.560. The number of hydrogen-bond acceptors (Lipinski definition) is 6. The highest BCUT2D eigenvalue weighted by Gasteiger charge is 2.28. The van der Waals surface area contributed by atoms with Crippen LogP contribution in [-0.4, -0.2) is 49.2 Å². The van der Waals surface area contributed by atoms with Crippen LogP contribution >= 0.6 is 0 Å². The fourth-order valence-electron chi connectivity index (χ4n) is 3.93. The first-order valence-electron chi connectivity index (χ1n) is 10.7. The second kappa shape index (κ2) is 9.54. The lowest BCUT2D eigenvalue weighted by atomic mass is 9.97. The zero-order valence-electron chi connectivity index (χ0n) is 19.2. The van der Waals surface area contributed by atoms with Crippen LogP contribution in [0.2, 0.25) is 0 Å². The van der Waals surface area contributed by atoms with Crippen molar-refractivity contribution in [3.63, 3.8) is 0 Å². The molecule has 0 aliphatic carbocycles. The van der Waals surface area contributed by atoms with Crippen LogP contribution in [0.15, 0.2) is 24.4 Å². The molecule has 32 heavy (non-hydrogen) atoms. The molecule has 0 bridgehead atoms. The predicted octanol–water partition coefficient (Wildman–Crippen LogP) is 4.51. The first-order valence-corrected chi connectivity index (χ1v) is 10.7. The van der Waals surface area contributed by atoms with Gasteiger partial charge in [0.2, 0.25) is 5.88 Å². The number of aldehydes is 1. The van der Waals surface area contributed by atoms with Crippen molar-refractivity contribution >= 4 is 18.1 Å². The average Bonchev–Trinajstić information content (AvgIpc) is 2.71. The molecule has 1 aliphatic heterocycles. The Balaban J connectivity index is 1.88. The summed E-state index contributed by atoms with van der Waals surface area (Å²) in [5, 5.41) is 2.92. The van der Waals surface area contributed by atoms with E-state index in [0.29, 0.717) is 48.3 Å². The molecule has 0 radical (unpaired) electrons. The number of nitrogens with one attached hydrogen (secondary N) is 1. The summed E-state index contributed by atoms with van der Waals surface area (Å²) in [6.45, 7) is 8.47. The van der Waals surface area contributed by atoms with E-state index in [0.717, 1.165) is 11.8 Å². The molecule has 1 amide bonds. The molecule has 172 valence electrons. The Morgan fingerprint density at radius 1 is 1.25 bits per heavy atom. The number of methoxy groups -OCH3 is 1. The van der Waals surface area contributed by atoms with E-state index in [1.165, 1.54) is 19.2 Å². The minimum Gasteiger partial charge on any atom is -0.480 e. The van der Waals surface area contributed by atoms with E-state index < -0.39 is 11.7 Å². The molecular formula is C24H30FN3O4. The van der Waals surface area contributed by atoms with Gasteiger partial charge in [-0.2, -0.15) is 0 Å². The molecule has 1 aromatic heterocycles. The molecular weight excluding hydrogens is 413 g/mol. The normalized spacial score (nSPS) is 14.8. The molecule has 1 N–H and O–H groups in total. The number of nitrogens with zero attached hydrogens (tertiary/aromatic N) is 2. The largest absolute Gasteiger partial charge is 0.480 e. The van der Waals surface area contributed by atoms with Gasteiger partial charge >= 0.3 is 6.09 Å². The number of carbonyl (C=O) groups excluding carboxylic acids is 2. The summed E-state index contributed by atoms with van der Waals surface area (Å²) >= 11 is 0. The first kappa shape index (κ1) is 23.5. The second-order valence-corrected chi connectivity index (χ2v) is 8.99. The zero-order chi connectivity index (χ0) is 23.5. The van der Waals surface area contributed by atoms with Crippen molar-refractivity contribution in [3.8, 4) is 17.0 Å². The predicted molar refractivity (Wildman–Crippen MR) is 121 cm³/mol. The van der Waals surface area contributed by atoms with Crippen LogP contribution in [0.25, 0.3) is 11.1 Å². The van der Waals surface area contributed by atoms with E-state index in [9.17, 15) is 14.0 Å². The van der Waals surface area contributed by atoms with Crippen molar-refractivity contribution in [1.82, 2.24) is 10.3 Å². The summed E-state index contributed by atoms with van der Waals surface area (Å²) < 4.78 is 24.8. The van der Waals surface area contributed by atoms with Crippen LogP contribution in [0.4, 0.5) is 14.9 Å². The molecule has 1 aliphatic rings. The van der Waals surface area contributed by atoms with E-state index in [2.05, 4.69) is 15.2 Å². The summed E-state index contributed by atoms with van der Waals surface area (Å²) in [7, 11) is 1.46. The molecule has 0 unspecified atom stereocenters. The maximum absolute atomic E-state index is 14.1. The van der Waals surface area contributed by atoms with Gasteiger partial charge in [-0.15, -0.1) is 0 Å². The molecule has 1 saturated heterocycles. The molecule has 3 rings (SSSR count). The molecule has 1 aromatic carbocycles. The number of aryl methyl sites for hydroxylation is 1. The number of piperidine rings is 1. The van der Waals surface area contributed by atoms with Crippen molar-refractivity contribution in [1.29, 1.82) is 0 Å². The SMILES string of the molecule is COc1ncc(-c2cc(C)cc(F)c2)c(N2CCC(NC(=O)OC(C)(C)C)CC2)c1C=O. The van der Waals surface area contributed by atoms with Crippen molar-refractivity contribution in [2.45, 2.75) is 52.2 Å². The molecule has 7 nitrogen and oxygen atoms in total. The molecule has 0 atom stereocenters. The van der Waals surface area contributed by atoms with Gasteiger partial charge in [-0.3, -0.25) is 4.79 Å². The topological polar surface area (TPSA) is 80.8 Å². The van der Waals surface area contributed by atoms with Gasteiger partial charge in [0, 0.05) is 30.9 Å². The maximum Gasteiger partial charge on any atom is 0.407 e. The van der Waals surface area contributed by atoms with E-state index in [4.69, 9.17) is 9.47 Å². The van der Waals surface area contributed by atoms with Crippen molar-refractivity contribution in [2.75, 3.05) is 25.1 Å². The maximum atomic E-state index is 14.1. The number of halogens is 1. The number of pyridine rings is 1. The van der Waals surface area contributed by atoms with Gasteiger partial charge in [0.1, 0.15) is 17.0 Å². The highest BCUT2D eigenvalue weighted by molar-refractivity contribution is 5.95. The van der Waals surface area contributed by atoms with Gasteiger partial charge in [-0.1, -0.05) is 6.07 Å². The number of benzene rings is 1. The molecule has 2 heterocycles. The average molecular weight is 444 g/mol. The van der Waals surface area contributed by atoms with Crippen LogP contribution in [0.5, 0.6) is 5.88 Å². The van der Waals surface area contributed by atoms with Crippen molar-refractivity contribution < 1.29 is 23.5 Å². The summed E-state index contributed by atoms with van der Waals surface area (Å²) in [6, 6.07) is 4.71. The van der Waals surface area contributed by atoms with Crippen molar-refractivity contribution in [3.05, 3.63) is 41.3 Å². The number of carbonyl (C=O) groups is 2. The van der Waals surface area contributed by atoms with Gasteiger partial charge in [-0.05, 0) is 63.8 Å². The fourth-order valence-corrected chi connectivity index (χ4v) is 3.93. The minimum absolute atomic E-state index is 0.0376. The second-order valence-electron chi connectivity index (χ2n) is 8.99. The van der Waals surface area contributed by atoms with Crippen LogP contribution in [0, 0.1) is 12.7 Å². The number of hydrogen-bond donors (Lipinski definition) is 1. The van der Waals surface area contributed by atoms with Crippen LogP contribution in [0.3, 0.4) is 0 Å². The fraction of sp³-hybridized carbons (Fsp3) is 0.458. The Kier molecular flexibility index (Phi) is 7.01. The quantitative estimate of drug-likeness (QED) is 0.685. The van der Waals surface area contributed by atoms with E-state index >= 15 is 0 Å². The monoisotopic (exact) mass is 443 g/mol. The van der Waals surface area contributed by atoms with E-state index in [1.807, 2.05) is 33.8 Å². The van der Waals surface area contributed by atoms with E-state index in [1.54, 1.807) is 6.20 Å². The Bertz CT molecular complexity index is 975. The highest BCUT2D eigenvalue weighted by Crippen LogP contribution is 2.38. The third kappa shape index (κ3) is 5.55. The third-order valence-corrected chi connectivity index (χ3v) is 5.25. The summed E-state index contributed by atoms with van der Waals surface area (Å²) in [5.74, 6) is -0.129. The molecule has 2 aromatic rings. The third-order valence-electron chi connectivity index (χ3n) is 5.25. The molecule has 1 fully saturated rings. The van der Waals surface area contributed by atoms with Gasteiger partial charge in [-0.25, -0.2) is 14.2 Å². The number of aromatic nitrogens is 1. The van der Waals surface area contributed by atoms with Gasteiger partial charge in [0.15, 0.2) is 6.29 Å². The van der Waals surface area contributed by atoms with Gasteiger partial charge in [0.05, 0.1) is 12.8 Å². The van der Waals surface area contributed by atoms with Crippen LogP contribution in [-0.2, 0) is 4.74 Å². The molecule has 0 spiro atoms. The lowest BCUT2D eigenvalue weighted by molar-refractivity contribution is 0.0497. The lowest BCUT2D eigenvalue weighted by Crippen LogP contribution is -2.46. The standard InChI is InChI=1S/C24H30FN3O4/c1-15-10-16(12-17(25)11-15)19-13-26-22(31-5)20(14-29)21(19)28-8-6-18(7-9-28)27-23(30)32-24(2,3)4/h10-14,18H,6-9H2,1-5H3,(H,27,30). The highest BCUT2D eigenvalue weighted by atomic mass is 19.1. The molecule has 8 heteroatoms. The number of rotatable bonds is 5. The van der Waals surface area contributed by atoms with Crippen LogP contribution in [0.1, 0.15) is 49.5 Å². The number of alkyl carbamates (subject to hydrolysis) is 1. The first-order chi connectivity index (χ1) is 15.1. The number of amides is 1. The summed E-state index contributed by atoms with van der Waals surface area (Å²) in [4.78, 5) is 30.5. The van der Waals surface area contributed by atoms with E-state index in [-0.39, 0.29) is 17.7 Å². The Morgan fingerprint density at radius 2 is 1.94 bits per heavy atom. The van der Waals surface area contributed by atoms with Crippen LogP contribution < -0.4 is 15.0 Å². The Labute approximate surface area is 187 Å². The smallest absolute Gasteiger partial charge is 0.407 e. The van der Waals surface area contributed by atoms with Crippen molar-refractivity contribution in [2.24, 2.45) is 0 Å². The number of anilines is 1. The van der Waals surface area contributed by atoms with Gasteiger partial charge < -0.3 is 19.7 Å². The molecule has 0 saturated carbocycles. The lowest BCUT2D eigenvalue weighted by Gasteiger charge is -2.36. The number of ether oxygens (including phenoxy) is 2. The summed E-state index contributed by atoms with van der Waals surface area (Å²) in [6.07, 6.45) is 3.24. The van der Waals surface area contributed by atoms with Gasteiger partial charge in [0.25, 0.3) is 0 Å².